The van der Waals surface area contributed by atoms with Crippen LogP contribution in [-0.4, -0.2) is 28.2 Å². The number of hydrogen-bond acceptors (Lipinski definition) is 5. The highest BCUT2D eigenvalue weighted by Gasteiger charge is 2.20. The van der Waals surface area contributed by atoms with E-state index in [1.54, 1.807) is 0 Å². The largest absolute Gasteiger partial charge is 0.480 e. The molecule has 0 fully saturated rings. The fraction of sp³-hybridized carbons (Fsp3) is 0.222. The van der Waals surface area contributed by atoms with Crippen molar-refractivity contribution in [1.29, 1.82) is 0 Å². The zero-order chi connectivity index (χ0) is 13.2. The van der Waals surface area contributed by atoms with Gasteiger partial charge >= 0.3 is 17.6 Å². The van der Waals surface area contributed by atoms with Gasteiger partial charge in [-0.15, -0.1) is 0 Å². The van der Waals surface area contributed by atoms with Gasteiger partial charge < -0.3 is 20.4 Å². The molecule has 4 N–H and O–H groups in total. The minimum atomic E-state index is -1.43. The Bertz CT molecular complexity index is 523. The number of nitrogens with two attached hydrogens (primary N) is 1. The lowest BCUT2D eigenvalue weighted by Crippen LogP contribution is -2.32. The lowest BCUT2D eigenvalue weighted by atomic mass is 10.1. The molecule has 1 rings (SSSR count). The molecule has 0 aliphatic rings. The second kappa shape index (κ2) is 5.11. The summed E-state index contributed by atoms with van der Waals surface area (Å²) in [5.74, 6) is -3.26. The summed E-state index contributed by atoms with van der Waals surface area (Å²) >= 11 is 2.93. The SMILES string of the molecule is NC(Cc1cc(=O)oc(C(=O)O)c1Br)C(=O)O. The van der Waals surface area contributed by atoms with Gasteiger partial charge in [-0.1, -0.05) is 0 Å². The molecule has 1 aromatic rings. The second-order valence-corrected chi connectivity index (χ2v) is 3.98. The molecule has 1 unspecified atom stereocenters. The summed E-state index contributed by atoms with van der Waals surface area (Å²) in [5, 5.41) is 17.4. The molecular weight excluding hydrogens is 298 g/mol. The molecule has 7 nitrogen and oxygen atoms in total. The standard InChI is InChI=1S/C9H8BrNO6/c10-6-3(1-4(11)8(13)14)2-5(12)17-7(6)9(15)16/h2,4H,1,11H2,(H,13,14)(H,15,16). The van der Waals surface area contributed by atoms with Crippen LogP contribution in [0.4, 0.5) is 0 Å². The third kappa shape index (κ3) is 3.14. The summed E-state index contributed by atoms with van der Waals surface area (Å²) in [4.78, 5) is 32.4. The predicted octanol–water partition coefficient (Wildman–Crippen LogP) is 0.0549. The number of halogens is 1. The zero-order valence-electron chi connectivity index (χ0n) is 8.34. The molecule has 0 saturated carbocycles. The summed E-state index contributed by atoms with van der Waals surface area (Å²) in [6.45, 7) is 0. The van der Waals surface area contributed by atoms with E-state index in [0.29, 0.717) is 0 Å². The van der Waals surface area contributed by atoms with Crippen LogP contribution in [0.25, 0.3) is 0 Å². The molecule has 92 valence electrons. The molecule has 1 heterocycles. The minimum absolute atomic E-state index is 0.0151. The third-order valence-electron chi connectivity index (χ3n) is 1.93. The molecule has 0 saturated heterocycles. The Balaban J connectivity index is 3.21. The molecule has 0 aliphatic heterocycles. The number of carboxylic acid groups (broad SMARTS) is 2. The van der Waals surface area contributed by atoms with Gasteiger partial charge in [0.05, 0.1) is 4.47 Å². The van der Waals surface area contributed by atoms with Crippen LogP contribution in [0.3, 0.4) is 0 Å². The number of hydrogen-bond donors (Lipinski definition) is 3. The molecule has 0 aliphatic carbocycles. The molecule has 0 bridgehead atoms. The van der Waals surface area contributed by atoms with Gasteiger partial charge in [0.1, 0.15) is 6.04 Å². The van der Waals surface area contributed by atoms with E-state index < -0.39 is 29.4 Å². The van der Waals surface area contributed by atoms with Crippen molar-refractivity contribution < 1.29 is 24.2 Å². The quantitative estimate of drug-likeness (QED) is 0.716. The lowest BCUT2D eigenvalue weighted by Gasteiger charge is -2.08. The molecule has 0 spiro atoms. The van der Waals surface area contributed by atoms with Crippen molar-refractivity contribution in [2.75, 3.05) is 0 Å². The average Bonchev–Trinajstić information content (AvgIpc) is 2.22. The Kier molecular flexibility index (Phi) is 4.02. The van der Waals surface area contributed by atoms with E-state index in [4.69, 9.17) is 15.9 Å². The fourth-order valence-electron chi connectivity index (χ4n) is 1.14. The first-order chi connectivity index (χ1) is 7.82. The highest BCUT2D eigenvalue weighted by atomic mass is 79.9. The van der Waals surface area contributed by atoms with Gasteiger partial charge in [-0.3, -0.25) is 4.79 Å². The lowest BCUT2D eigenvalue weighted by molar-refractivity contribution is -0.138. The van der Waals surface area contributed by atoms with Crippen LogP contribution in [0, 0.1) is 0 Å². The Labute approximate surface area is 103 Å². The highest BCUT2D eigenvalue weighted by molar-refractivity contribution is 9.10. The van der Waals surface area contributed by atoms with E-state index in [2.05, 4.69) is 20.3 Å². The van der Waals surface area contributed by atoms with Crippen molar-refractivity contribution >= 4 is 27.9 Å². The highest BCUT2D eigenvalue weighted by Crippen LogP contribution is 2.21. The van der Waals surface area contributed by atoms with Crippen LogP contribution >= 0.6 is 15.9 Å². The van der Waals surface area contributed by atoms with Gasteiger partial charge in [-0.25, -0.2) is 9.59 Å². The Hall–Kier alpha value is -1.67. The molecule has 0 radical (unpaired) electrons. The van der Waals surface area contributed by atoms with Crippen LogP contribution in [0.1, 0.15) is 16.1 Å². The fourth-order valence-corrected chi connectivity index (χ4v) is 1.66. The normalized spacial score (nSPS) is 12.1. The van der Waals surface area contributed by atoms with E-state index >= 15 is 0 Å². The summed E-state index contributed by atoms with van der Waals surface area (Å²) in [6.07, 6.45) is -0.179. The summed E-state index contributed by atoms with van der Waals surface area (Å²) in [6, 6.07) is -0.228. The number of carbonyl (C=O) groups is 2. The monoisotopic (exact) mass is 305 g/mol. The van der Waals surface area contributed by atoms with Crippen molar-refractivity contribution in [3.8, 4) is 0 Å². The topological polar surface area (TPSA) is 131 Å². The Morgan fingerprint density at radius 1 is 1.47 bits per heavy atom. The number of carboxylic acids is 2. The molecule has 0 amide bonds. The summed E-state index contributed by atoms with van der Waals surface area (Å²) in [5.41, 5.74) is 4.59. The first kappa shape index (κ1) is 13.4. The van der Waals surface area contributed by atoms with Crippen LogP contribution < -0.4 is 11.4 Å². The Morgan fingerprint density at radius 2 is 2.06 bits per heavy atom. The van der Waals surface area contributed by atoms with E-state index in [0.717, 1.165) is 6.07 Å². The molecule has 17 heavy (non-hydrogen) atoms. The van der Waals surface area contributed by atoms with Crippen LogP contribution in [0.2, 0.25) is 0 Å². The van der Waals surface area contributed by atoms with Gasteiger partial charge in [0.25, 0.3) is 0 Å². The number of aromatic carboxylic acids is 1. The zero-order valence-corrected chi connectivity index (χ0v) is 9.93. The van der Waals surface area contributed by atoms with Crippen LogP contribution in [-0.2, 0) is 11.2 Å². The van der Waals surface area contributed by atoms with Gasteiger partial charge in [-0.2, -0.15) is 0 Å². The van der Waals surface area contributed by atoms with Gasteiger partial charge in [0.2, 0.25) is 5.76 Å². The van der Waals surface area contributed by atoms with Gasteiger partial charge in [0.15, 0.2) is 0 Å². The van der Waals surface area contributed by atoms with E-state index in [1.165, 1.54) is 0 Å². The Morgan fingerprint density at radius 3 is 2.53 bits per heavy atom. The van der Waals surface area contributed by atoms with E-state index in [9.17, 15) is 14.4 Å². The maximum Gasteiger partial charge on any atom is 0.373 e. The maximum absolute atomic E-state index is 11.1. The van der Waals surface area contributed by atoms with Crippen molar-refractivity contribution in [3.63, 3.8) is 0 Å². The maximum atomic E-state index is 11.1. The minimum Gasteiger partial charge on any atom is -0.480 e. The van der Waals surface area contributed by atoms with Crippen molar-refractivity contribution in [2.24, 2.45) is 5.73 Å². The first-order valence-corrected chi connectivity index (χ1v) is 5.16. The van der Waals surface area contributed by atoms with E-state index in [1.807, 2.05) is 0 Å². The van der Waals surface area contributed by atoms with Crippen molar-refractivity contribution in [2.45, 2.75) is 12.5 Å². The molecule has 1 atom stereocenters. The smallest absolute Gasteiger partial charge is 0.373 e. The number of rotatable bonds is 4. The van der Waals surface area contributed by atoms with Crippen molar-refractivity contribution in [3.05, 3.63) is 32.3 Å². The third-order valence-corrected chi connectivity index (χ3v) is 2.80. The summed E-state index contributed by atoms with van der Waals surface area (Å²) in [7, 11) is 0. The van der Waals surface area contributed by atoms with Gasteiger partial charge in [0, 0.05) is 6.07 Å². The molecule has 1 aromatic heterocycles. The predicted molar refractivity (Wildman–Crippen MR) is 59.0 cm³/mol. The summed E-state index contributed by atoms with van der Waals surface area (Å²) < 4.78 is 4.48. The van der Waals surface area contributed by atoms with Crippen molar-refractivity contribution in [1.82, 2.24) is 0 Å². The van der Waals surface area contributed by atoms with Gasteiger partial charge in [-0.05, 0) is 27.9 Å². The van der Waals surface area contributed by atoms with E-state index in [-0.39, 0.29) is 16.5 Å². The average molecular weight is 306 g/mol. The number of aliphatic carboxylic acids is 1. The molecule has 8 heteroatoms. The molecule has 0 aromatic carbocycles. The first-order valence-electron chi connectivity index (χ1n) is 4.37. The molecular formula is C9H8BrNO6. The van der Waals surface area contributed by atoms with Crippen LogP contribution in [0.5, 0.6) is 0 Å². The second-order valence-electron chi connectivity index (χ2n) is 3.19. The van der Waals surface area contributed by atoms with Crippen LogP contribution in [0.15, 0.2) is 19.8 Å².